The van der Waals surface area contributed by atoms with E-state index in [1.165, 1.54) is 104 Å². The smallest absolute Gasteiger partial charge is 0.0506 e. The molecule has 14 rings (SSSR count). The minimum atomic E-state index is 0.0859. The second kappa shape index (κ2) is 14.9. The summed E-state index contributed by atoms with van der Waals surface area (Å²) in [5.41, 5.74) is 21.9. The average Bonchev–Trinajstić information content (AvgIpc) is 3.77. The minimum absolute atomic E-state index is 0.0859. The first kappa shape index (κ1) is 36.8. The molecule has 0 saturated carbocycles. The Hall–Kier alpha value is -7.78. The molecule has 1 nitrogen and oxygen atoms in total. The van der Waals surface area contributed by atoms with Gasteiger partial charge in [0.05, 0.1) is 5.69 Å². The van der Waals surface area contributed by atoms with Gasteiger partial charge in [0, 0.05) is 43.4 Å². The molecule has 0 aliphatic heterocycles. The summed E-state index contributed by atoms with van der Waals surface area (Å²) in [4.78, 5) is 2.52. The summed E-state index contributed by atoms with van der Waals surface area (Å²) in [6.07, 6.45) is 0. The lowest BCUT2D eigenvalue weighted by Gasteiger charge is -2.45. The highest BCUT2D eigenvalue weighted by Gasteiger charge is 2.44. The molecule has 3 aliphatic rings. The third kappa shape index (κ3) is 5.76. The van der Waals surface area contributed by atoms with Crippen molar-refractivity contribution >= 4 is 48.6 Å². The zero-order valence-corrected chi connectivity index (χ0v) is 35.8. The molecule has 0 unspecified atom stereocenters. The van der Waals surface area contributed by atoms with Crippen LogP contribution in [-0.2, 0) is 0 Å². The average molecular weight is 832 g/mol. The number of hydrogen-bond acceptors (Lipinski definition) is 2. The molecule has 2 heteroatoms. The Balaban J connectivity index is 1.01. The summed E-state index contributed by atoms with van der Waals surface area (Å²) in [6, 6.07) is 87.7. The third-order valence-corrected chi connectivity index (χ3v) is 15.0. The van der Waals surface area contributed by atoms with Crippen LogP contribution in [0.15, 0.2) is 237 Å². The summed E-state index contributed by atoms with van der Waals surface area (Å²) >= 11 is 1.91. The number of hydrogen-bond donors (Lipinski definition) is 0. The van der Waals surface area contributed by atoms with Crippen LogP contribution in [0.2, 0.25) is 0 Å². The molecular formula is C62H41NS. The van der Waals surface area contributed by atoms with Crippen LogP contribution >= 0.6 is 11.3 Å². The van der Waals surface area contributed by atoms with E-state index >= 15 is 0 Å². The molecule has 64 heavy (non-hydrogen) atoms. The molecule has 3 aliphatic carbocycles. The van der Waals surface area contributed by atoms with Crippen molar-refractivity contribution in [1.82, 2.24) is 0 Å². The Morgan fingerprint density at radius 1 is 0.281 bits per heavy atom. The van der Waals surface area contributed by atoms with Crippen LogP contribution in [0.3, 0.4) is 0 Å². The molecule has 11 aromatic rings. The molecule has 0 radical (unpaired) electrons. The zero-order valence-electron chi connectivity index (χ0n) is 35.0. The van der Waals surface area contributed by atoms with Crippen molar-refractivity contribution in [2.24, 2.45) is 0 Å². The van der Waals surface area contributed by atoms with Gasteiger partial charge in [-0.2, -0.15) is 0 Å². The van der Waals surface area contributed by atoms with Crippen LogP contribution in [0.25, 0.3) is 64.7 Å². The van der Waals surface area contributed by atoms with Crippen molar-refractivity contribution in [1.29, 1.82) is 0 Å². The van der Waals surface area contributed by atoms with E-state index in [1.807, 2.05) is 11.3 Å². The van der Waals surface area contributed by atoms with Gasteiger partial charge in [0.2, 0.25) is 0 Å². The Morgan fingerprint density at radius 2 is 0.672 bits per heavy atom. The van der Waals surface area contributed by atoms with E-state index in [-0.39, 0.29) is 11.8 Å². The molecule has 1 aromatic heterocycles. The molecule has 0 fully saturated rings. The van der Waals surface area contributed by atoms with E-state index in [0.29, 0.717) is 0 Å². The van der Waals surface area contributed by atoms with E-state index in [9.17, 15) is 0 Å². The topological polar surface area (TPSA) is 3.24 Å². The lowest BCUT2D eigenvalue weighted by atomic mass is 9.59. The van der Waals surface area contributed by atoms with Crippen LogP contribution in [0, 0.1) is 0 Å². The maximum Gasteiger partial charge on any atom is 0.0506 e. The highest BCUT2D eigenvalue weighted by atomic mass is 32.1. The lowest BCUT2D eigenvalue weighted by molar-refractivity contribution is 0.755. The summed E-state index contributed by atoms with van der Waals surface area (Å²) < 4.78 is 2.65. The first-order chi connectivity index (χ1) is 31.8. The van der Waals surface area contributed by atoms with Crippen LogP contribution in [0.1, 0.15) is 45.2 Å². The number of anilines is 3. The van der Waals surface area contributed by atoms with E-state index < -0.39 is 0 Å². The molecule has 0 atom stereocenters. The van der Waals surface area contributed by atoms with Gasteiger partial charge in [-0.3, -0.25) is 0 Å². The van der Waals surface area contributed by atoms with Crippen molar-refractivity contribution < 1.29 is 0 Å². The molecule has 0 saturated heterocycles. The number of nitrogens with zero attached hydrogens (tertiary/aromatic N) is 1. The lowest BCUT2D eigenvalue weighted by Crippen LogP contribution is -2.30. The molecule has 1 heterocycles. The highest BCUT2D eigenvalue weighted by molar-refractivity contribution is 7.26. The van der Waals surface area contributed by atoms with Crippen LogP contribution in [-0.4, -0.2) is 0 Å². The number of benzene rings is 10. The number of fused-ring (bicyclic) bond motifs is 3. The fourth-order valence-corrected chi connectivity index (χ4v) is 12.2. The molecular weight excluding hydrogens is 791 g/mol. The molecule has 300 valence electrons. The highest BCUT2D eigenvalue weighted by Crippen LogP contribution is 2.61. The van der Waals surface area contributed by atoms with Gasteiger partial charge in [0.25, 0.3) is 0 Å². The molecule has 0 spiro atoms. The zero-order chi connectivity index (χ0) is 42.1. The van der Waals surface area contributed by atoms with Gasteiger partial charge in [-0.05, 0) is 108 Å². The third-order valence-electron chi connectivity index (χ3n) is 13.7. The van der Waals surface area contributed by atoms with Gasteiger partial charge in [-0.1, -0.05) is 206 Å². The van der Waals surface area contributed by atoms with Crippen molar-refractivity contribution in [3.63, 3.8) is 0 Å². The van der Waals surface area contributed by atoms with E-state index in [4.69, 9.17) is 0 Å². The standard InChI is InChI=1S/C62H41NS/c1-4-16-40(17-5-1)41-30-34-45(35-31-41)63(46-36-32-44(33-37-46)49-27-15-29-55-54-28-14-26-48(61(54)64-62(49)55)43-20-8-3-9-21-43)56-39-38-47(42-18-6-2-7-19-42)59-57-50-22-10-12-24-52(50)58(60(56)59)53-25-13-11-23-51(53)57/h1-39,57-58H. The van der Waals surface area contributed by atoms with Crippen molar-refractivity contribution in [2.75, 3.05) is 4.90 Å². The second-order valence-corrected chi connectivity index (χ2v) is 18.1. The number of thiophene rings is 1. The fourth-order valence-electron chi connectivity index (χ4n) is 10.9. The van der Waals surface area contributed by atoms with Crippen LogP contribution < -0.4 is 4.90 Å². The summed E-state index contributed by atoms with van der Waals surface area (Å²) in [5, 5.41) is 2.62. The monoisotopic (exact) mass is 831 g/mol. The van der Waals surface area contributed by atoms with Gasteiger partial charge < -0.3 is 4.90 Å². The largest absolute Gasteiger partial charge is 0.310 e. The van der Waals surface area contributed by atoms with Gasteiger partial charge in [-0.15, -0.1) is 11.3 Å². The van der Waals surface area contributed by atoms with Gasteiger partial charge in [0.15, 0.2) is 0 Å². The SMILES string of the molecule is c1ccc(-c2ccc(N(c3ccc(-c4cccc5c4sc4c(-c6ccccc6)cccc45)cc3)c3ccc(-c4ccccc4)c4c3C3c5ccccc5C4c4ccccc43)cc2)cc1. The van der Waals surface area contributed by atoms with Crippen LogP contribution in [0.5, 0.6) is 0 Å². The maximum absolute atomic E-state index is 2.52. The second-order valence-electron chi connectivity index (χ2n) is 17.1. The Kier molecular flexibility index (Phi) is 8.60. The number of rotatable bonds is 7. The van der Waals surface area contributed by atoms with E-state index in [0.717, 1.165) is 11.4 Å². The summed E-state index contributed by atoms with van der Waals surface area (Å²) in [6.45, 7) is 0. The van der Waals surface area contributed by atoms with E-state index in [1.54, 1.807) is 0 Å². The van der Waals surface area contributed by atoms with Gasteiger partial charge in [0.1, 0.15) is 0 Å². The molecule has 0 amide bonds. The predicted octanol–water partition coefficient (Wildman–Crippen LogP) is 17.2. The van der Waals surface area contributed by atoms with E-state index in [2.05, 4.69) is 241 Å². The molecule has 2 bridgehead atoms. The summed E-state index contributed by atoms with van der Waals surface area (Å²) in [5.74, 6) is 0.208. The minimum Gasteiger partial charge on any atom is -0.310 e. The van der Waals surface area contributed by atoms with Crippen LogP contribution in [0.4, 0.5) is 17.1 Å². The Morgan fingerprint density at radius 3 is 1.17 bits per heavy atom. The van der Waals surface area contributed by atoms with Crippen molar-refractivity contribution in [2.45, 2.75) is 11.8 Å². The van der Waals surface area contributed by atoms with Crippen molar-refractivity contribution in [3.8, 4) is 44.5 Å². The maximum atomic E-state index is 2.52. The molecule has 10 aromatic carbocycles. The normalized spacial score (nSPS) is 14.6. The Bertz CT molecular complexity index is 3490. The first-order valence-electron chi connectivity index (χ1n) is 22.2. The quantitative estimate of drug-likeness (QED) is 0.155. The van der Waals surface area contributed by atoms with Gasteiger partial charge >= 0.3 is 0 Å². The first-order valence-corrected chi connectivity index (χ1v) is 23.1. The molecule has 0 N–H and O–H groups in total. The predicted molar refractivity (Wildman–Crippen MR) is 271 cm³/mol. The van der Waals surface area contributed by atoms with Crippen molar-refractivity contribution in [3.05, 3.63) is 270 Å². The summed E-state index contributed by atoms with van der Waals surface area (Å²) in [7, 11) is 0. The fraction of sp³-hybridized carbons (Fsp3) is 0.0323. The van der Waals surface area contributed by atoms with Gasteiger partial charge in [-0.25, -0.2) is 0 Å². The Labute approximate surface area is 377 Å².